The van der Waals surface area contributed by atoms with Crippen LogP contribution in [0.3, 0.4) is 0 Å². The lowest BCUT2D eigenvalue weighted by Crippen LogP contribution is -2.16. The van der Waals surface area contributed by atoms with Crippen molar-refractivity contribution in [1.29, 1.82) is 0 Å². The second kappa shape index (κ2) is 4.04. The zero-order valence-corrected chi connectivity index (χ0v) is 7.53. The van der Waals surface area contributed by atoms with Crippen molar-refractivity contribution in [2.75, 3.05) is 0 Å². The first-order valence-corrected chi connectivity index (χ1v) is 4.24. The van der Waals surface area contributed by atoms with Crippen LogP contribution >= 0.6 is 0 Å². The summed E-state index contributed by atoms with van der Waals surface area (Å²) in [4.78, 5) is 11.2. The minimum Gasteiger partial charge on any atom is -0.299 e. The average molecular weight is 166 g/mol. The Morgan fingerprint density at radius 3 is 2.92 bits per heavy atom. The molecule has 12 heavy (non-hydrogen) atoms. The third kappa shape index (κ3) is 2.19. The van der Waals surface area contributed by atoms with Gasteiger partial charge in [0, 0.05) is 24.7 Å². The Morgan fingerprint density at radius 2 is 2.42 bits per heavy atom. The summed E-state index contributed by atoms with van der Waals surface area (Å²) in [5.41, 5.74) is 0. The molecule has 1 atom stereocenters. The van der Waals surface area contributed by atoms with E-state index >= 15 is 0 Å². The fraction of sp³-hybridized carbons (Fsp3) is 0.556. The van der Waals surface area contributed by atoms with Crippen molar-refractivity contribution in [1.82, 2.24) is 9.78 Å². The Bertz CT molecular complexity index is 241. The van der Waals surface area contributed by atoms with E-state index in [1.54, 1.807) is 10.9 Å². The number of carbonyl (C=O) groups is 1. The van der Waals surface area contributed by atoms with Crippen LogP contribution in [0.25, 0.3) is 0 Å². The van der Waals surface area contributed by atoms with Gasteiger partial charge in [0.05, 0.1) is 6.54 Å². The third-order valence-corrected chi connectivity index (χ3v) is 1.92. The van der Waals surface area contributed by atoms with Crippen LogP contribution < -0.4 is 0 Å². The second-order valence-electron chi connectivity index (χ2n) is 2.95. The molecule has 3 nitrogen and oxygen atoms in total. The number of hydrogen-bond acceptors (Lipinski definition) is 2. The molecule has 0 spiro atoms. The maximum atomic E-state index is 11.2. The maximum absolute atomic E-state index is 11.2. The van der Waals surface area contributed by atoms with Crippen LogP contribution in [0.4, 0.5) is 0 Å². The molecule has 1 heterocycles. The fourth-order valence-electron chi connectivity index (χ4n) is 1.14. The van der Waals surface area contributed by atoms with Crippen molar-refractivity contribution in [3.63, 3.8) is 0 Å². The van der Waals surface area contributed by atoms with E-state index in [1.807, 2.05) is 26.1 Å². The molecule has 66 valence electrons. The lowest BCUT2D eigenvalue weighted by molar-refractivity contribution is -0.122. The van der Waals surface area contributed by atoms with Crippen molar-refractivity contribution in [2.24, 2.45) is 5.92 Å². The number of nitrogens with zero attached hydrogens (tertiary/aromatic N) is 2. The normalized spacial score (nSPS) is 12.8. The zero-order valence-electron chi connectivity index (χ0n) is 7.53. The third-order valence-electron chi connectivity index (χ3n) is 1.92. The summed E-state index contributed by atoms with van der Waals surface area (Å²) in [5.74, 6) is 0.375. The SMILES string of the molecule is CCC(=O)C(C)Cn1cccn1. The van der Waals surface area contributed by atoms with Gasteiger partial charge < -0.3 is 0 Å². The average Bonchev–Trinajstić information content (AvgIpc) is 2.55. The van der Waals surface area contributed by atoms with Gasteiger partial charge in [0.2, 0.25) is 0 Å². The quantitative estimate of drug-likeness (QED) is 0.679. The number of rotatable bonds is 4. The van der Waals surface area contributed by atoms with Crippen LogP contribution in [0.1, 0.15) is 20.3 Å². The molecule has 0 radical (unpaired) electrons. The van der Waals surface area contributed by atoms with E-state index in [4.69, 9.17) is 0 Å². The Morgan fingerprint density at radius 1 is 1.67 bits per heavy atom. The van der Waals surface area contributed by atoms with Gasteiger partial charge in [-0.2, -0.15) is 5.10 Å². The summed E-state index contributed by atoms with van der Waals surface area (Å²) in [6, 6.07) is 1.86. The smallest absolute Gasteiger partial charge is 0.137 e. The number of aromatic nitrogens is 2. The minimum atomic E-state index is 0.0786. The van der Waals surface area contributed by atoms with Gasteiger partial charge in [0.1, 0.15) is 5.78 Å². The largest absolute Gasteiger partial charge is 0.299 e. The monoisotopic (exact) mass is 166 g/mol. The van der Waals surface area contributed by atoms with E-state index < -0.39 is 0 Å². The highest BCUT2D eigenvalue weighted by Crippen LogP contribution is 2.03. The summed E-state index contributed by atoms with van der Waals surface area (Å²) in [6.45, 7) is 4.52. The number of Topliss-reactive ketones (excluding diaryl/α,β-unsaturated/α-hetero) is 1. The zero-order chi connectivity index (χ0) is 8.97. The summed E-state index contributed by atoms with van der Waals surface area (Å²) in [5, 5.41) is 4.04. The van der Waals surface area contributed by atoms with E-state index in [2.05, 4.69) is 5.10 Å². The Hall–Kier alpha value is -1.12. The van der Waals surface area contributed by atoms with Crippen LogP contribution in [0.2, 0.25) is 0 Å². The lowest BCUT2D eigenvalue weighted by atomic mass is 10.1. The molecule has 0 saturated heterocycles. The molecular formula is C9H14N2O. The molecule has 0 bridgehead atoms. The maximum Gasteiger partial charge on any atom is 0.137 e. The highest BCUT2D eigenvalue weighted by Gasteiger charge is 2.10. The van der Waals surface area contributed by atoms with Gasteiger partial charge >= 0.3 is 0 Å². The summed E-state index contributed by atoms with van der Waals surface area (Å²) in [6.07, 6.45) is 4.21. The van der Waals surface area contributed by atoms with E-state index in [0.29, 0.717) is 18.7 Å². The summed E-state index contributed by atoms with van der Waals surface area (Å²) in [7, 11) is 0. The molecule has 1 aromatic heterocycles. The second-order valence-corrected chi connectivity index (χ2v) is 2.95. The van der Waals surface area contributed by atoms with Crippen LogP contribution in [0, 0.1) is 5.92 Å². The van der Waals surface area contributed by atoms with Gasteiger partial charge in [0.15, 0.2) is 0 Å². The number of hydrogen-bond donors (Lipinski definition) is 0. The molecule has 0 fully saturated rings. The van der Waals surface area contributed by atoms with Crippen molar-refractivity contribution in [3.05, 3.63) is 18.5 Å². The molecule has 1 unspecified atom stereocenters. The molecule has 1 aromatic rings. The van der Waals surface area contributed by atoms with Crippen molar-refractivity contribution < 1.29 is 4.79 Å². The van der Waals surface area contributed by atoms with Crippen LogP contribution in [0.5, 0.6) is 0 Å². The van der Waals surface area contributed by atoms with Gasteiger partial charge in [-0.25, -0.2) is 0 Å². The molecule has 0 aliphatic carbocycles. The van der Waals surface area contributed by atoms with Crippen LogP contribution in [-0.4, -0.2) is 15.6 Å². The molecule has 0 aliphatic rings. The first-order chi connectivity index (χ1) is 5.74. The first kappa shape index (κ1) is 8.97. The standard InChI is InChI=1S/C9H14N2O/c1-3-9(12)8(2)7-11-6-4-5-10-11/h4-6,8H,3,7H2,1-2H3. The van der Waals surface area contributed by atoms with Gasteiger partial charge in [0.25, 0.3) is 0 Å². The molecule has 0 amide bonds. The van der Waals surface area contributed by atoms with E-state index in [1.165, 1.54) is 0 Å². The Kier molecular flexibility index (Phi) is 3.02. The predicted molar refractivity (Wildman–Crippen MR) is 46.7 cm³/mol. The molecular weight excluding hydrogens is 152 g/mol. The molecule has 3 heteroatoms. The number of ketones is 1. The summed E-state index contributed by atoms with van der Waals surface area (Å²) >= 11 is 0. The van der Waals surface area contributed by atoms with Crippen molar-refractivity contribution >= 4 is 5.78 Å². The van der Waals surface area contributed by atoms with Gasteiger partial charge in [-0.15, -0.1) is 0 Å². The topological polar surface area (TPSA) is 34.9 Å². The fourth-order valence-corrected chi connectivity index (χ4v) is 1.14. The van der Waals surface area contributed by atoms with E-state index in [9.17, 15) is 4.79 Å². The Labute approximate surface area is 72.4 Å². The molecule has 1 rings (SSSR count). The van der Waals surface area contributed by atoms with Gasteiger partial charge in [-0.05, 0) is 6.07 Å². The lowest BCUT2D eigenvalue weighted by Gasteiger charge is -2.08. The van der Waals surface area contributed by atoms with E-state index in [0.717, 1.165) is 0 Å². The molecule has 0 N–H and O–H groups in total. The molecule has 0 aromatic carbocycles. The number of carbonyl (C=O) groups excluding carboxylic acids is 1. The van der Waals surface area contributed by atoms with Crippen LogP contribution in [0.15, 0.2) is 18.5 Å². The molecule has 0 aliphatic heterocycles. The predicted octanol–water partition coefficient (Wildman–Crippen LogP) is 1.50. The minimum absolute atomic E-state index is 0.0786. The highest BCUT2D eigenvalue weighted by atomic mass is 16.1. The Balaban J connectivity index is 2.47. The van der Waals surface area contributed by atoms with Crippen molar-refractivity contribution in [3.8, 4) is 0 Å². The first-order valence-electron chi connectivity index (χ1n) is 4.24. The summed E-state index contributed by atoms with van der Waals surface area (Å²) < 4.78 is 1.79. The van der Waals surface area contributed by atoms with Crippen LogP contribution in [-0.2, 0) is 11.3 Å². The van der Waals surface area contributed by atoms with E-state index in [-0.39, 0.29) is 5.92 Å². The van der Waals surface area contributed by atoms with Gasteiger partial charge in [-0.3, -0.25) is 9.48 Å². The van der Waals surface area contributed by atoms with Crippen molar-refractivity contribution in [2.45, 2.75) is 26.8 Å². The van der Waals surface area contributed by atoms with Gasteiger partial charge in [-0.1, -0.05) is 13.8 Å². The highest BCUT2D eigenvalue weighted by molar-refractivity contribution is 5.80. The molecule has 0 saturated carbocycles.